The zero-order valence-electron chi connectivity index (χ0n) is 15.3. The van der Waals surface area contributed by atoms with Gasteiger partial charge >= 0.3 is 6.09 Å². The summed E-state index contributed by atoms with van der Waals surface area (Å²) >= 11 is 0. The van der Waals surface area contributed by atoms with Gasteiger partial charge < -0.3 is 19.9 Å². The molecule has 0 spiro atoms. The maximum atomic E-state index is 11.1. The first-order valence-electron chi connectivity index (χ1n) is 8.82. The first-order chi connectivity index (χ1) is 12.4. The molecule has 0 aliphatic carbocycles. The van der Waals surface area contributed by atoms with Gasteiger partial charge in [0.05, 0.1) is 17.8 Å². The lowest BCUT2D eigenvalue weighted by atomic mass is 10.00. The molecule has 3 rings (SSSR count). The molecule has 3 heterocycles. The number of nitrogens with one attached hydrogen (secondary N) is 1. The van der Waals surface area contributed by atoms with Crippen LogP contribution >= 0.6 is 0 Å². The van der Waals surface area contributed by atoms with Crippen molar-refractivity contribution in [2.45, 2.75) is 38.8 Å². The Hall–Kier alpha value is -2.66. The van der Waals surface area contributed by atoms with Crippen LogP contribution in [0.1, 0.15) is 37.8 Å². The number of piperidine rings is 1. The van der Waals surface area contributed by atoms with Crippen molar-refractivity contribution in [3.63, 3.8) is 0 Å². The Morgan fingerprint density at radius 1 is 1.50 bits per heavy atom. The third-order valence-corrected chi connectivity index (χ3v) is 4.66. The average molecular weight is 356 g/mol. The van der Waals surface area contributed by atoms with Gasteiger partial charge in [0.15, 0.2) is 0 Å². The molecule has 1 amide bonds. The number of likely N-dealkylation sites (N-methyl/N-ethyl adjacent to an activating group) is 1. The van der Waals surface area contributed by atoms with E-state index < -0.39 is 6.09 Å². The van der Waals surface area contributed by atoms with E-state index in [0.717, 1.165) is 29.8 Å². The molecule has 2 aromatic heterocycles. The minimum Gasteiger partial charge on any atom is -0.465 e. The zero-order chi connectivity index (χ0) is 18.8. The summed E-state index contributed by atoms with van der Waals surface area (Å²) in [6, 6.07) is 3.81. The van der Waals surface area contributed by atoms with Crippen molar-refractivity contribution in [1.82, 2.24) is 24.8 Å². The van der Waals surface area contributed by atoms with Gasteiger partial charge in [-0.3, -0.25) is 0 Å². The molecule has 2 N–H and O–H groups in total. The number of rotatable bonds is 4. The summed E-state index contributed by atoms with van der Waals surface area (Å²) in [5.41, 5.74) is 2.02. The Kier molecular flexibility index (Phi) is 5.09. The molecule has 1 aliphatic heterocycles. The van der Waals surface area contributed by atoms with E-state index in [-0.39, 0.29) is 12.1 Å². The maximum Gasteiger partial charge on any atom is 0.404 e. The number of amides is 1. The van der Waals surface area contributed by atoms with E-state index in [9.17, 15) is 10.1 Å². The lowest BCUT2D eigenvalue weighted by Gasteiger charge is -2.37. The lowest BCUT2D eigenvalue weighted by molar-refractivity contribution is 0.153. The molecule has 8 nitrogen and oxygen atoms in total. The summed E-state index contributed by atoms with van der Waals surface area (Å²) in [6.45, 7) is 5.77. The van der Waals surface area contributed by atoms with Gasteiger partial charge in [-0.2, -0.15) is 5.26 Å². The second kappa shape index (κ2) is 7.30. The highest BCUT2D eigenvalue weighted by Crippen LogP contribution is 2.29. The van der Waals surface area contributed by atoms with Crippen molar-refractivity contribution >= 4 is 17.1 Å². The molecule has 26 heavy (non-hydrogen) atoms. The van der Waals surface area contributed by atoms with Gasteiger partial charge in [0.1, 0.15) is 23.1 Å². The minimum atomic E-state index is -1.00. The van der Waals surface area contributed by atoms with E-state index in [1.54, 1.807) is 12.3 Å². The van der Waals surface area contributed by atoms with Crippen LogP contribution in [0.25, 0.3) is 11.0 Å². The number of carboxylic acid groups (broad SMARTS) is 1. The van der Waals surface area contributed by atoms with Crippen LogP contribution in [0.2, 0.25) is 0 Å². The number of hydrogen-bond donors (Lipinski definition) is 2. The molecule has 8 heteroatoms. The topological polar surface area (TPSA) is 107 Å². The van der Waals surface area contributed by atoms with Crippen molar-refractivity contribution in [3.05, 3.63) is 23.8 Å². The molecule has 0 bridgehead atoms. The number of pyridine rings is 1. The summed E-state index contributed by atoms with van der Waals surface area (Å²) in [7, 11) is 1.99. The number of carbonyl (C=O) groups is 1. The molecule has 0 saturated carbocycles. The number of fused-ring (bicyclic) bond motifs is 1. The highest BCUT2D eigenvalue weighted by Gasteiger charge is 2.30. The van der Waals surface area contributed by atoms with Crippen molar-refractivity contribution < 1.29 is 9.90 Å². The highest BCUT2D eigenvalue weighted by molar-refractivity contribution is 5.76. The summed E-state index contributed by atoms with van der Waals surface area (Å²) in [4.78, 5) is 22.1. The van der Waals surface area contributed by atoms with E-state index in [2.05, 4.69) is 39.7 Å². The van der Waals surface area contributed by atoms with Crippen molar-refractivity contribution in [2.75, 3.05) is 20.1 Å². The average Bonchev–Trinajstić information content (AvgIpc) is 2.89. The Labute approximate surface area is 152 Å². The monoisotopic (exact) mass is 356 g/mol. The van der Waals surface area contributed by atoms with Crippen LogP contribution in [0.15, 0.2) is 12.3 Å². The van der Waals surface area contributed by atoms with E-state index in [1.165, 1.54) is 0 Å². The summed E-state index contributed by atoms with van der Waals surface area (Å²) in [5.74, 6) is 1.39. The fourth-order valence-electron chi connectivity index (χ4n) is 3.78. The number of nitriles is 1. The van der Waals surface area contributed by atoms with Gasteiger partial charge in [-0.25, -0.2) is 14.8 Å². The number of likely N-dealkylation sites (tertiary alicyclic amines) is 1. The van der Waals surface area contributed by atoms with Gasteiger partial charge in [0, 0.05) is 31.6 Å². The Balaban J connectivity index is 2.05. The van der Waals surface area contributed by atoms with Crippen molar-refractivity contribution in [1.29, 1.82) is 5.26 Å². The number of imidazole rings is 1. The standard InChI is InChI=1S/C18H24N6O2/c1-11(2)4-17-22-15-8-20-12(7-19)6-16(15)24(17)14-5-13(21-18(25)26)9-23(3)10-14/h6,8,11,13-14,21H,4-5,9-10H2,1-3H3,(H,25,26). The van der Waals surface area contributed by atoms with E-state index in [0.29, 0.717) is 24.6 Å². The molecular weight excluding hydrogens is 332 g/mol. The van der Waals surface area contributed by atoms with Crippen LogP contribution < -0.4 is 5.32 Å². The third kappa shape index (κ3) is 3.78. The summed E-state index contributed by atoms with van der Waals surface area (Å²) in [5, 5.41) is 20.9. The third-order valence-electron chi connectivity index (χ3n) is 4.66. The quantitative estimate of drug-likeness (QED) is 0.868. The van der Waals surface area contributed by atoms with Gasteiger partial charge in [-0.05, 0) is 19.4 Å². The molecule has 2 aromatic rings. The molecule has 0 radical (unpaired) electrons. The first kappa shape index (κ1) is 18.1. The normalized spacial score (nSPS) is 21.0. The summed E-state index contributed by atoms with van der Waals surface area (Å²) in [6.07, 6.45) is 2.15. The number of aromatic nitrogens is 3. The minimum absolute atomic E-state index is 0.0818. The number of hydrogen-bond acceptors (Lipinski definition) is 5. The Morgan fingerprint density at radius 3 is 2.92 bits per heavy atom. The zero-order valence-corrected chi connectivity index (χ0v) is 15.3. The highest BCUT2D eigenvalue weighted by atomic mass is 16.4. The largest absolute Gasteiger partial charge is 0.465 e. The molecule has 2 unspecified atom stereocenters. The Morgan fingerprint density at radius 2 is 2.27 bits per heavy atom. The summed E-state index contributed by atoms with van der Waals surface area (Å²) < 4.78 is 2.18. The molecule has 138 valence electrons. The number of nitrogens with zero attached hydrogens (tertiary/aromatic N) is 5. The van der Waals surface area contributed by atoms with Crippen LogP contribution in [-0.4, -0.2) is 56.8 Å². The van der Waals surface area contributed by atoms with E-state index in [1.807, 2.05) is 7.05 Å². The van der Waals surface area contributed by atoms with Crippen LogP contribution in [0.3, 0.4) is 0 Å². The van der Waals surface area contributed by atoms with Gasteiger partial charge in [-0.15, -0.1) is 0 Å². The van der Waals surface area contributed by atoms with Crippen LogP contribution in [0, 0.1) is 17.2 Å². The molecule has 1 saturated heterocycles. The van der Waals surface area contributed by atoms with Crippen LogP contribution in [-0.2, 0) is 6.42 Å². The molecule has 1 aliphatic rings. The molecule has 0 aromatic carbocycles. The van der Waals surface area contributed by atoms with Crippen molar-refractivity contribution in [2.24, 2.45) is 5.92 Å². The molecular formula is C18H24N6O2. The second-order valence-corrected chi connectivity index (χ2v) is 7.42. The molecule has 1 fully saturated rings. The second-order valence-electron chi connectivity index (χ2n) is 7.42. The lowest BCUT2D eigenvalue weighted by Crippen LogP contribution is -2.49. The fourth-order valence-corrected chi connectivity index (χ4v) is 3.78. The van der Waals surface area contributed by atoms with Crippen LogP contribution in [0.4, 0.5) is 4.79 Å². The van der Waals surface area contributed by atoms with Crippen molar-refractivity contribution in [3.8, 4) is 6.07 Å². The van der Waals surface area contributed by atoms with Gasteiger partial charge in [0.2, 0.25) is 0 Å². The maximum absolute atomic E-state index is 11.1. The predicted molar refractivity (Wildman–Crippen MR) is 96.9 cm³/mol. The fraction of sp³-hybridized carbons (Fsp3) is 0.556. The smallest absolute Gasteiger partial charge is 0.404 e. The van der Waals surface area contributed by atoms with E-state index >= 15 is 0 Å². The first-order valence-corrected chi connectivity index (χ1v) is 8.82. The van der Waals surface area contributed by atoms with Crippen LogP contribution in [0.5, 0.6) is 0 Å². The SMILES string of the molecule is CC(C)Cc1nc2cnc(C#N)cc2n1C1CC(NC(=O)O)CN(C)C1. The molecule has 2 atom stereocenters. The Bertz CT molecular complexity index is 853. The van der Waals surface area contributed by atoms with Gasteiger partial charge in [-0.1, -0.05) is 13.8 Å². The van der Waals surface area contributed by atoms with Gasteiger partial charge in [0.25, 0.3) is 0 Å². The predicted octanol–water partition coefficient (Wildman–Crippen LogP) is 2.01. The van der Waals surface area contributed by atoms with E-state index in [4.69, 9.17) is 10.1 Å².